The van der Waals surface area contributed by atoms with E-state index < -0.39 is 25.6 Å². The Balaban J connectivity index is 2.05. The van der Waals surface area contributed by atoms with E-state index in [0.29, 0.717) is 5.69 Å². The second kappa shape index (κ2) is 8.10. The van der Waals surface area contributed by atoms with Crippen molar-refractivity contribution in [3.8, 4) is 5.75 Å². The van der Waals surface area contributed by atoms with Gasteiger partial charge >= 0.3 is 12.4 Å². The molecule has 0 bridgehead atoms. The molecule has 2 heterocycles. The highest BCUT2D eigenvalue weighted by Crippen LogP contribution is 2.28. The minimum atomic E-state index is -4.45. The average Bonchev–Trinajstić information content (AvgIpc) is 2.58. The van der Waals surface area contributed by atoms with Gasteiger partial charge in [-0.15, -0.1) is 0 Å². The topological polar surface area (TPSA) is 34.6 Å². The standard InChI is InChI=1S/C17H18F6N2O2/c1-11-3-4-14(27-10-17(21,22)23)8-25(11)12(2)15-6-5-13(7-24-15)26-9-16(18,19)20/h3-8,11-12H,9-10H2,1-2H3/t11-,12?/m1/s1. The summed E-state index contributed by atoms with van der Waals surface area (Å²) in [6.45, 7) is 0.792. The predicted molar refractivity (Wildman–Crippen MR) is 84.7 cm³/mol. The molecule has 0 fully saturated rings. The zero-order valence-corrected chi connectivity index (χ0v) is 14.5. The molecule has 1 aliphatic rings. The molecule has 27 heavy (non-hydrogen) atoms. The first kappa shape index (κ1) is 20.9. The molecule has 0 radical (unpaired) electrons. The van der Waals surface area contributed by atoms with E-state index >= 15 is 0 Å². The van der Waals surface area contributed by atoms with Gasteiger partial charge in [-0.1, -0.05) is 6.08 Å². The van der Waals surface area contributed by atoms with Crippen LogP contribution in [0.5, 0.6) is 5.75 Å². The molecule has 0 N–H and O–H groups in total. The first-order valence-electron chi connectivity index (χ1n) is 7.97. The Morgan fingerprint density at radius 2 is 1.70 bits per heavy atom. The van der Waals surface area contributed by atoms with Gasteiger partial charge in [0.1, 0.15) is 11.5 Å². The van der Waals surface area contributed by atoms with Crippen molar-refractivity contribution < 1.29 is 35.8 Å². The van der Waals surface area contributed by atoms with Crippen molar-refractivity contribution in [3.05, 3.63) is 48.1 Å². The third kappa shape index (κ3) is 6.69. The molecular weight excluding hydrogens is 378 g/mol. The summed E-state index contributed by atoms with van der Waals surface area (Å²) in [6.07, 6.45) is -3.12. The van der Waals surface area contributed by atoms with Gasteiger partial charge in [0.2, 0.25) is 0 Å². The number of nitrogens with zero attached hydrogens (tertiary/aromatic N) is 2. The fraction of sp³-hybridized carbons (Fsp3) is 0.471. The molecule has 2 atom stereocenters. The summed E-state index contributed by atoms with van der Waals surface area (Å²) in [5, 5.41) is 0. The average molecular weight is 396 g/mol. The lowest BCUT2D eigenvalue weighted by Crippen LogP contribution is -2.32. The van der Waals surface area contributed by atoms with Crippen LogP contribution in [-0.4, -0.2) is 41.5 Å². The molecule has 1 aromatic heterocycles. The number of rotatable bonds is 6. The van der Waals surface area contributed by atoms with Crippen LogP contribution in [0.15, 0.2) is 42.4 Å². The van der Waals surface area contributed by atoms with Crippen LogP contribution in [0, 0.1) is 0 Å². The van der Waals surface area contributed by atoms with Crippen LogP contribution < -0.4 is 4.74 Å². The second-order valence-electron chi connectivity index (χ2n) is 5.98. The Labute approximate surface area is 152 Å². The summed E-state index contributed by atoms with van der Waals surface area (Å²) in [5.74, 6) is 0.0296. The molecule has 0 spiro atoms. The lowest BCUT2D eigenvalue weighted by molar-refractivity contribution is -0.164. The summed E-state index contributed by atoms with van der Waals surface area (Å²) in [5.41, 5.74) is 0.517. The van der Waals surface area contributed by atoms with Crippen molar-refractivity contribution in [1.29, 1.82) is 0 Å². The van der Waals surface area contributed by atoms with E-state index in [4.69, 9.17) is 4.74 Å². The van der Waals surface area contributed by atoms with Crippen LogP contribution in [0.3, 0.4) is 0 Å². The van der Waals surface area contributed by atoms with E-state index in [1.807, 2.05) is 6.92 Å². The molecule has 0 amide bonds. The number of hydrogen-bond donors (Lipinski definition) is 0. The van der Waals surface area contributed by atoms with Crippen LogP contribution >= 0.6 is 0 Å². The molecule has 0 aliphatic carbocycles. The third-order valence-electron chi connectivity index (χ3n) is 3.73. The SMILES string of the molecule is CC(c1ccc(OCC(F)(F)F)cn1)N1C=C(OCC(F)(F)F)C=C[C@H]1C. The summed E-state index contributed by atoms with van der Waals surface area (Å²) in [6, 6.07) is 2.37. The van der Waals surface area contributed by atoms with E-state index in [1.54, 1.807) is 17.9 Å². The number of halogens is 6. The van der Waals surface area contributed by atoms with E-state index in [9.17, 15) is 26.3 Å². The molecule has 0 aromatic carbocycles. The van der Waals surface area contributed by atoms with Crippen LogP contribution in [0.25, 0.3) is 0 Å². The number of ether oxygens (including phenoxy) is 2. The maximum absolute atomic E-state index is 12.3. The van der Waals surface area contributed by atoms with E-state index in [2.05, 4.69) is 9.72 Å². The summed E-state index contributed by atoms with van der Waals surface area (Å²) >= 11 is 0. The fourth-order valence-electron chi connectivity index (χ4n) is 2.40. The quantitative estimate of drug-likeness (QED) is 0.650. The highest BCUT2D eigenvalue weighted by molar-refractivity contribution is 5.25. The number of hydrogen-bond acceptors (Lipinski definition) is 4. The smallest absolute Gasteiger partial charge is 0.422 e. The molecule has 4 nitrogen and oxygen atoms in total. The Morgan fingerprint density at radius 3 is 2.26 bits per heavy atom. The number of aromatic nitrogens is 1. The highest BCUT2D eigenvalue weighted by Gasteiger charge is 2.30. The van der Waals surface area contributed by atoms with E-state index in [-0.39, 0.29) is 23.6 Å². The molecular formula is C17H18F6N2O2. The predicted octanol–water partition coefficient (Wildman–Crippen LogP) is 4.76. The minimum Gasteiger partial charge on any atom is -0.483 e. The van der Waals surface area contributed by atoms with Gasteiger partial charge in [0, 0.05) is 12.2 Å². The summed E-state index contributed by atoms with van der Waals surface area (Å²) in [7, 11) is 0. The lowest BCUT2D eigenvalue weighted by atomic mass is 10.1. The molecule has 10 heteroatoms. The fourth-order valence-corrected chi connectivity index (χ4v) is 2.40. The maximum Gasteiger partial charge on any atom is 0.422 e. The van der Waals surface area contributed by atoms with Gasteiger partial charge < -0.3 is 14.4 Å². The Kier molecular flexibility index (Phi) is 6.27. The van der Waals surface area contributed by atoms with E-state index in [0.717, 1.165) is 0 Å². The zero-order chi connectivity index (χ0) is 20.2. The molecule has 0 saturated carbocycles. The molecule has 0 saturated heterocycles. The molecule has 1 aliphatic heterocycles. The van der Waals surface area contributed by atoms with Gasteiger partial charge in [-0.25, -0.2) is 0 Å². The lowest BCUT2D eigenvalue weighted by Gasteiger charge is -2.34. The van der Waals surface area contributed by atoms with Gasteiger partial charge in [-0.3, -0.25) is 4.98 Å². The van der Waals surface area contributed by atoms with Crippen molar-refractivity contribution in [3.63, 3.8) is 0 Å². The Bertz CT molecular complexity index is 682. The number of allylic oxidation sites excluding steroid dienone is 1. The highest BCUT2D eigenvalue weighted by atomic mass is 19.4. The van der Waals surface area contributed by atoms with Crippen molar-refractivity contribution >= 4 is 0 Å². The van der Waals surface area contributed by atoms with Crippen LogP contribution in [0.4, 0.5) is 26.3 Å². The Morgan fingerprint density at radius 1 is 1.07 bits per heavy atom. The van der Waals surface area contributed by atoms with Crippen LogP contribution in [-0.2, 0) is 4.74 Å². The van der Waals surface area contributed by atoms with E-state index in [1.165, 1.54) is 30.6 Å². The van der Waals surface area contributed by atoms with Crippen molar-refractivity contribution in [1.82, 2.24) is 9.88 Å². The van der Waals surface area contributed by atoms with Gasteiger partial charge in [0.05, 0.1) is 17.9 Å². The molecule has 1 aromatic rings. The molecule has 150 valence electrons. The Hall–Kier alpha value is -2.39. The zero-order valence-electron chi connectivity index (χ0n) is 14.5. The monoisotopic (exact) mass is 396 g/mol. The third-order valence-corrected chi connectivity index (χ3v) is 3.73. The van der Waals surface area contributed by atoms with Gasteiger partial charge in [-0.05, 0) is 32.1 Å². The summed E-state index contributed by atoms with van der Waals surface area (Å²) in [4.78, 5) is 5.83. The first-order valence-corrected chi connectivity index (χ1v) is 7.97. The van der Waals surface area contributed by atoms with Crippen molar-refractivity contribution in [2.45, 2.75) is 38.3 Å². The van der Waals surface area contributed by atoms with Crippen molar-refractivity contribution in [2.75, 3.05) is 13.2 Å². The van der Waals surface area contributed by atoms with Crippen LogP contribution in [0.1, 0.15) is 25.6 Å². The van der Waals surface area contributed by atoms with Gasteiger partial charge in [-0.2, -0.15) is 26.3 Å². The maximum atomic E-state index is 12.3. The van der Waals surface area contributed by atoms with Crippen molar-refractivity contribution in [2.24, 2.45) is 0 Å². The summed E-state index contributed by atoms with van der Waals surface area (Å²) < 4.78 is 82.7. The minimum absolute atomic E-state index is 0.0281. The molecule has 2 rings (SSSR count). The largest absolute Gasteiger partial charge is 0.483 e. The van der Waals surface area contributed by atoms with Gasteiger partial charge in [0.25, 0.3) is 0 Å². The normalized spacial score (nSPS) is 18.9. The number of pyridine rings is 1. The first-order chi connectivity index (χ1) is 12.4. The van der Waals surface area contributed by atoms with Gasteiger partial charge in [0.15, 0.2) is 13.2 Å². The molecule has 1 unspecified atom stereocenters. The second-order valence-corrected chi connectivity index (χ2v) is 5.98. The number of alkyl halides is 6. The van der Waals surface area contributed by atoms with Crippen LogP contribution in [0.2, 0.25) is 0 Å².